The summed E-state index contributed by atoms with van der Waals surface area (Å²) in [5.74, 6) is -3.70. The predicted molar refractivity (Wildman–Crippen MR) is 161 cm³/mol. The Hall–Kier alpha value is -4.95. The van der Waals surface area contributed by atoms with E-state index >= 15 is 0 Å². The van der Waals surface area contributed by atoms with E-state index in [9.17, 15) is 29.4 Å². The van der Waals surface area contributed by atoms with E-state index in [1.807, 2.05) is 24.3 Å². The minimum absolute atomic E-state index is 0.00813. The van der Waals surface area contributed by atoms with E-state index in [1.54, 1.807) is 36.5 Å². The summed E-state index contributed by atoms with van der Waals surface area (Å²) in [6.45, 7) is -0.642. The second kappa shape index (κ2) is 15.9. The number of aliphatic imine (C=N–C) groups is 1. The van der Waals surface area contributed by atoms with Crippen molar-refractivity contribution in [1.29, 1.82) is 0 Å². The molecule has 0 aliphatic rings. The molecule has 4 atom stereocenters. The van der Waals surface area contributed by atoms with Gasteiger partial charge in [-0.15, -0.1) is 0 Å². The Bertz CT molecular complexity index is 1420. The summed E-state index contributed by atoms with van der Waals surface area (Å²) >= 11 is 0. The van der Waals surface area contributed by atoms with Crippen molar-refractivity contribution in [1.82, 2.24) is 20.9 Å². The molecule has 0 spiro atoms. The fraction of sp³-hybridized carbons (Fsp3) is 0.345. The molecule has 0 bridgehead atoms. The van der Waals surface area contributed by atoms with Gasteiger partial charge in [-0.3, -0.25) is 19.4 Å². The second-order valence-electron chi connectivity index (χ2n) is 10.0. The largest absolute Gasteiger partial charge is 0.480 e. The number of rotatable bonds is 16. The molecule has 43 heavy (non-hydrogen) atoms. The Labute approximate surface area is 248 Å². The van der Waals surface area contributed by atoms with Crippen LogP contribution in [0.1, 0.15) is 24.0 Å². The lowest BCUT2D eigenvalue weighted by Gasteiger charge is -2.24. The maximum atomic E-state index is 13.2. The summed E-state index contributed by atoms with van der Waals surface area (Å²) in [5.41, 5.74) is 19.3. The van der Waals surface area contributed by atoms with Crippen LogP contribution in [0.25, 0.3) is 10.9 Å². The number of aromatic nitrogens is 1. The van der Waals surface area contributed by atoms with Gasteiger partial charge < -0.3 is 48.3 Å². The molecule has 3 aromatic rings. The molecule has 14 heteroatoms. The van der Waals surface area contributed by atoms with Crippen molar-refractivity contribution in [2.24, 2.45) is 22.2 Å². The number of aliphatic carboxylic acids is 1. The molecule has 230 valence electrons. The van der Waals surface area contributed by atoms with Gasteiger partial charge >= 0.3 is 5.97 Å². The topological polar surface area (TPSA) is 251 Å². The summed E-state index contributed by atoms with van der Waals surface area (Å²) in [6, 6.07) is 11.3. The molecule has 0 aliphatic carbocycles. The molecular weight excluding hydrogens is 556 g/mol. The van der Waals surface area contributed by atoms with E-state index < -0.39 is 54.5 Å². The molecule has 0 saturated heterocycles. The van der Waals surface area contributed by atoms with Crippen LogP contribution in [-0.4, -0.2) is 82.2 Å². The van der Waals surface area contributed by atoms with Gasteiger partial charge in [0.1, 0.15) is 18.1 Å². The number of hydrogen-bond acceptors (Lipinski definition) is 7. The van der Waals surface area contributed by atoms with Gasteiger partial charge in [0.15, 0.2) is 5.96 Å². The number of carboxylic acids is 1. The second-order valence-corrected chi connectivity index (χ2v) is 10.0. The zero-order chi connectivity index (χ0) is 31.4. The van der Waals surface area contributed by atoms with Gasteiger partial charge in [-0.25, -0.2) is 4.79 Å². The molecule has 12 N–H and O–H groups in total. The third kappa shape index (κ3) is 9.83. The number of nitrogens with one attached hydrogen (secondary N) is 4. The molecule has 3 amide bonds. The number of hydrogen-bond donors (Lipinski definition) is 9. The molecular formula is C29H38N8O6. The molecule has 1 heterocycles. The number of aliphatic hydroxyl groups excluding tert-OH is 1. The van der Waals surface area contributed by atoms with Gasteiger partial charge in [-0.05, 0) is 36.5 Å². The number of fused-ring (bicyclic) bond motifs is 1. The highest BCUT2D eigenvalue weighted by molar-refractivity contribution is 5.94. The number of amides is 3. The Morgan fingerprint density at radius 3 is 2.14 bits per heavy atom. The maximum Gasteiger partial charge on any atom is 0.326 e. The summed E-state index contributed by atoms with van der Waals surface area (Å²) in [4.78, 5) is 58.0. The average molecular weight is 595 g/mol. The number of guanidine groups is 1. The quantitative estimate of drug-likeness (QED) is 0.0551. The van der Waals surface area contributed by atoms with E-state index in [2.05, 4.69) is 25.9 Å². The average Bonchev–Trinajstić information content (AvgIpc) is 3.39. The Morgan fingerprint density at radius 1 is 0.837 bits per heavy atom. The monoisotopic (exact) mass is 594 g/mol. The number of para-hydroxylation sites is 1. The Kier molecular flexibility index (Phi) is 12.0. The minimum atomic E-state index is -1.48. The van der Waals surface area contributed by atoms with Crippen LogP contribution in [-0.2, 0) is 32.0 Å². The van der Waals surface area contributed by atoms with Gasteiger partial charge in [0.25, 0.3) is 0 Å². The summed E-state index contributed by atoms with van der Waals surface area (Å²) in [7, 11) is 0. The van der Waals surface area contributed by atoms with E-state index in [0.29, 0.717) is 12.0 Å². The minimum Gasteiger partial charge on any atom is -0.480 e. The first-order chi connectivity index (χ1) is 20.6. The number of carbonyl (C=O) groups is 4. The fourth-order valence-electron chi connectivity index (χ4n) is 4.47. The lowest BCUT2D eigenvalue weighted by Crippen LogP contribution is -2.58. The van der Waals surface area contributed by atoms with Gasteiger partial charge in [-0.2, -0.15) is 0 Å². The van der Waals surface area contributed by atoms with E-state index in [4.69, 9.17) is 17.2 Å². The van der Waals surface area contributed by atoms with Crippen molar-refractivity contribution in [3.8, 4) is 0 Å². The summed E-state index contributed by atoms with van der Waals surface area (Å²) in [5, 5.41) is 27.8. The van der Waals surface area contributed by atoms with E-state index in [-0.39, 0.29) is 31.8 Å². The lowest BCUT2D eigenvalue weighted by molar-refractivity contribution is -0.142. The van der Waals surface area contributed by atoms with Crippen LogP contribution < -0.4 is 33.2 Å². The van der Waals surface area contributed by atoms with Crippen LogP contribution in [0.4, 0.5) is 0 Å². The Morgan fingerprint density at radius 2 is 1.47 bits per heavy atom. The standard InChI is InChI=1S/C29H38N8O6/c30-20(14-18-15-34-21-10-5-4-9-19(18)21)25(39)35-22(11-6-12-33-29(31)32)26(40)37-24(16-38)27(41)36-23(28(42)43)13-17-7-2-1-3-8-17/h1-5,7-10,15,20,22-24,34,38H,6,11-14,16,30H2,(H,35,39)(H,36,41)(H,37,40)(H,42,43)(H4,31,32,33). The third-order valence-electron chi connectivity index (χ3n) is 6.74. The molecule has 0 fully saturated rings. The van der Waals surface area contributed by atoms with Crippen LogP contribution in [0.15, 0.2) is 65.8 Å². The number of benzene rings is 2. The van der Waals surface area contributed by atoms with Crippen molar-refractivity contribution in [2.45, 2.75) is 49.9 Å². The Balaban J connectivity index is 1.67. The van der Waals surface area contributed by atoms with Crippen LogP contribution in [0.3, 0.4) is 0 Å². The molecule has 0 saturated carbocycles. The van der Waals surface area contributed by atoms with Gasteiger partial charge in [0, 0.05) is 30.1 Å². The first-order valence-corrected chi connectivity index (χ1v) is 13.7. The summed E-state index contributed by atoms with van der Waals surface area (Å²) in [6.07, 6.45) is 2.33. The summed E-state index contributed by atoms with van der Waals surface area (Å²) < 4.78 is 0. The number of nitrogens with zero attached hydrogens (tertiary/aromatic N) is 1. The fourth-order valence-corrected chi connectivity index (χ4v) is 4.47. The lowest BCUT2D eigenvalue weighted by atomic mass is 10.0. The van der Waals surface area contributed by atoms with E-state index in [0.717, 1.165) is 16.5 Å². The van der Waals surface area contributed by atoms with Gasteiger partial charge in [-0.1, -0.05) is 48.5 Å². The zero-order valence-corrected chi connectivity index (χ0v) is 23.5. The number of nitrogens with two attached hydrogens (primary N) is 3. The van der Waals surface area contributed by atoms with Crippen molar-refractivity contribution in [3.05, 3.63) is 71.9 Å². The van der Waals surface area contributed by atoms with Gasteiger partial charge in [0.05, 0.1) is 12.6 Å². The first kappa shape index (κ1) is 32.6. The number of aliphatic hydroxyl groups is 1. The smallest absolute Gasteiger partial charge is 0.326 e. The molecule has 0 aliphatic heterocycles. The molecule has 3 rings (SSSR count). The molecule has 1 aromatic heterocycles. The molecule has 0 radical (unpaired) electrons. The van der Waals surface area contributed by atoms with Crippen LogP contribution >= 0.6 is 0 Å². The number of H-pyrrole nitrogens is 1. The molecule has 4 unspecified atom stereocenters. The van der Waals surface area contributed by atoms with E-state index in [1.165, 1.54) is 0 Å². The normalized spacial score (nSPS) is 13.7. The molecule has 2 aromatic carbocycles. The van der Waals surface area contributed by atoms with Crippen LogP contribution in [0.5, 0.6) is 0 Å². The van der Waals surface area contributed by atoms with Crippen molar-refractivity contribution in [3.63, 3.8) is 0 Å². The highest BCUT2D eigenvalue weighted by Crippen LogP contribution is 2.19. The van der Waals surface area contributed by atoms with Crippen molar-refractivity contribution >= 4 is 40.6 Å². The SMILES string of the molecule is NC(N)=NCCCC(NC(=O)C(N)Cc1c[nH]c2ccccc12)C(=O)NC(CO)C(=O)NC(Cc1ccccc1)C(=O)O. The number of carboxylic acid groups (broad SMARTS) is 1. The third-order valence-corrected chi connectivity index (χ3v) is 6.74. The number of aromatic amines is 1. The highest BCUT2D eigenvalue weighted by atomic mass is 16.4. The van der Waals surface area contributed by atoms with Crippen molar-refractivity contribution in [2.75, 3.05) is 13.2 Å². The highest BCUT2D eigenvalue weighted by Gasteiger charge is 2.30. The van der Waals surface area contributed by atoms with Gasteiger partial charge in [0.2, 0.25) is 17.7 Å². The maximum absolute atomic E-state index is 13.2. The van der Waals surface area contributed by atoms with Crippen LogP contribution in [0, 0.1) is 0 Å². The first-order valence-electron chi connectivity index (χ1n) is 13.7. The zero-order valence-electron chi connectivity index (χ0n) is 23.5. The van der Waals surface area contributed by atoms with Crippen LogP contribution in [0.2, 0.25) is 0 Å². The number of carbonyl (C=O) groups excluding carboxylic acids is 3. The predicted octanol–water partition coefficient (Wildman–Crippen LogP) is -1.13. The molecule has 14 nitrogen and oxygen atoms in total. The van der Waals surface area contributed by atoms with Crippen molar-refractivity contribution < 1.29 is 29.4 Å².